The van der Waals surface area contributed by atoms with E-state index in [-0.39, 0.29) is 17.2 Å². The Morgan fingerprint density at radius 2 is 1.00 bits per heavy atom. The monoisotopic (exact) mass is 483 g/mol. The Labute approximate surface area is 213 Å². The van der Waals surface area contributed by atoms with Crippen LogP contribution in [-0.4, -0.2) is 10.0 Å². The Kier molecular flexibility index (Phi) is 5.51. The number of fused-ring (bicyclic) bond motifs is 2. The zero-order chi connectivity index (χ0) is 25.4. The maximum absolute atomic E-state index is 11.4. The van der Waals surface area contributed by atoms with Crippen molar-refractivity contribution in [3.8, 4) is 39.5 Å². The summed E-state index contributed by atoms with van der Waals surface area (Å²) in [7, 11) is 0. The lowest BCUT2D eigenvalue weighted by molar-refractivity contribution is -0.385. The number of aromatic hydroxyl groups is 1. The van der Waals surface area contributed by atoms with Gasteiger partial charge in [-0.1, -0.05) is 84.9 Å². The molecule has 6 aromatic carbocycles. The van der Waals surface area contributed by atoms with Crippen molar-refractivity contribution >= 4 is 27.2 Å². The number of hydrogen-bond donors (Lipinski definition) is 1. The van der Waals surface area contributed by atoms with E-state index in [0.29, 0.717) is 5.75 Å². The average molecular weight is 484 g/mol. The summed E-state index contributed by atoms with van der Waals surface area (Å²) in [4.78, 5) is 10.9. The van der Waals surface area contributed by atoms with Gasteiger partial charge >= 0.3 is 5.69 Å². The summed E-state index contributed by atoms with van der Waals surface area (Å²) in [5.74, 6) is 0.957. The highest BCUT2D eigenvalue weighted by Crippen LogP contribution is 2.44. The number of ether oxygens (including phenoxy) is 1. The molecule has 0 aromatic heterocycles. The fourth-order valence-electron chi connectivity index (χ4n) is 4.89. The molecule has 5 nitrogen and oxygen atoms in total. The molecule has 178 valence electrons. The number of phenols is 1. The molecule has 37 heavy (non-hydrogen) atoms. The first-order chi connectivity index (χ1) is 18.1. The Morgan fingerprint density at radius 3 is 1.49 bits per heavy atom. The molecule has 0 atom stereocenters. The SMILES string of the molecule is O=[N+]([O-])c1ccccc1Oc1ccc(-c2c3ccccc3c(-c3ccc(O)cc3)c3ccccc23)cc1. The summed E-state index contributed by atoms with van der Waals surface area (Å²) in [5.41, 5.74) is 4.19. The van der Waals surface area contributed by atoms with Gasteiger partial charge in [0, 0.05) is 6.07 Å². The summed E-state index contributed by atoms with van der Waals surface area (Å²) in [6.45, 7) is 0. The number of nitrogens with zero attached hydrogens (tertiary/aromatic N) is 1. The van der Waals surface area contributed by atoms with Gasteiger partial charge in [-0.3, -0.25) is 10.1 Å². The van der Waals surface area contributed by atoms with Crippen molar-refractivity contribution in [3.05, 3.63) is 131 Å². The Bertz CT molecular complexity index is 1720. The second kappa shape index (κ2) is 9.13. The van der Waals surface area contributed by atoms with Gasteiger partial charge in [-0.2, -0.15) is 0 Å². The molecule has 0 aliphatic heterocycles. The van der Waals surface area contributed by atoms with Crippen molar-refractivity contribution in [1.29, 1.82) is 0 Å². The van der Waals surface area contributed by atoms with Gasteiger partial charge in [-0.25, -0.2) is 0 Å². The van der Waals surface area contributed by atoms with Crippen LogP contribution in [0.3, 0.4) is 0 Å². The molecule has 0 bridgehead atoms. The maximum atomic E-state index is 11.4. The van der Waals surface area contributed by atoms with Gasteiger partial charge in [0.2, 0.25) is 5.75 Å². The Hall–Kier alpha value is -5.16. The van der Waals surface area contributed by atoms with Crippen LogP contribution in [-0.2, 0) is 0 Å². The summed E-state index contributed by atoms with van der Waals surface area (Å²) >= 11 is 0. The van der Waals surface area contributed by atoms with Crippen molar-refractivity contribution in [1.82, 2.24) is 0 Å². The third-order valence-electron chi connectivity index (χ3n) is 6.52. The summed E-state index contributed by atoms with van der Waals surface area (Å²) in [5, 5.41) is 25.6. The maximum Gasteiger partial charge on any atom is 0.311 e. The lowest BCUT2D eigenvalue weighted by Crippen LogP contribution is -1.93. The Morgan fingerprint density at radius 1 is 0.568 bits per heavy atom. The van der Waals surface area contributed by atoms with E-state index in [9.17, 15) is 15.2 Å². The first-order valence-corrected chi connectivity index (χ1v) is 11.8. The van der Waals surface area contributed by atoms with Crippen molar-refractivity contribution in [2.24, 2.45) is 0 Å². The van der Waals surface area contributed by atoms with Gasteiger partial charge in [0.25, 0.3) is 0 Å². The van der Waals surface area contributed by atoms with E-state index in [1.54, 1.807) is 30.3 Å². The van der Waals surface area contributed by atoms with E-state index in [1.165, 1.54) is 6.07 Å². The molecule has 0 saturated carbocycles. The zero-order valence-corrected chi connectivity index (χ0v) is 19.7. The number of nitro benzene ring substituents is 1. The van der Waals surface area contributed by atoms with Crippen LogP contribution in [0.5, 0.6) is 17.2 Å². The third kappa shape index (κ3) is 4.02. The minimum absolute atomic E-state index is 0.0756. The molecule has 0 aliphatic rings. The van der Waals surface area contributed by atoms with E-state index in [4.69, 9.17) is 4.74 Å². The second-order valence-corrected chi connectivity index (χ2v) is 8.74. The van der Waals surface area contributed by atoms with E-state index in [2.05, 4.69) is 24.3 Å². The molecule has 0 saturated heterocycles. The second-order valence-electron chi connectivity index (χ2n) is 8.74. The first kappa shape index (κ1) is 22.3. The van der Waals surface area contributed by atoms with Gasteiger partial charge in [-0.05, 0) is 74.1 Å². The molecule has 0 radical (unpaired) electrons. The van der Waals surface area contributed by atoms with Crippen molar-refractivity contribution < 1.29 is 14.8 Å². The molecule has 0 fully saturated rings. The highest BCUT2D eigenvalue weighted by Gasteiger charge is 2.17. The topological polar surface area (TPSA) is 72.6 Å². The van der Waals surface area contributed by atoms with Gasteiger partial charge < -0.3 is 9.84 Å². The van der Waals surface area contributed by atoms with Crippen molar-refractivity contribution in [3.63, 3.8) is 0 Å². The van der Waals surface area contributed by atoms with E-state index < -0.39 is 4.92 Å². The largest absolute Gasteiger partial charge is 0.508 e. The minimum Gasteiger partial charge on any atom is -0.508 e. The fourth-order valence-corrected chi connectivity index (χ4v) is 4.89. The van der Waals surface area contributed by atoms with Gasteiger partial charge in [0.05, 0.1) is 4.92 Å². The Balaban J connectivity index is 1.51. The normalized spacial score (nSPS) is 11.0. The van der Waals surface area contributed by atoms with E-state index >= 15 is 0 Å². The molecule has 0 heterocycles. The minimum atomic E-state index is -0.447. The molecule has 0 amide bonds. The zero-order valence-electron chi connectivity index (χ0n) is 19.7. The lowest BCUT2D eigenvalue weighted by Gasteiger charge is -2.18. The van der Waals surface area contributed by atoms with Crippen LogP contribution in [0.2, 0.25) is 0 Å². The first-order valence-electron chi connectivity index (χ1n) is 11.8. The number of para-hydroxylation sites is 2. The highest BCUT2D eigenvalue weighted by molar-refractivity contribution is 6.21. The van der Waals surface area contributed by atoms with E-state index in [0.717, 1.165) is 43.8 Å². The third-order valence-corrected chi connectivity index (χ3v) is 6.52. The molecule has 5 heteroatoms. The molecule has 0 unspecified atom stereocenters. The predicted octanol–water partition coefficient (Wildman–Crippen LogP) is 8.73. The van der Waals surface area contributed by atoms with Crippen LogP contribution in [0.4, 0.5) is 5.69 Å². The summed E-state index contributed by atoms with van der Waals surface area (Å²) in [6, 6.07) is 37.9. The molecule has 0 spiro atoms. The van der Waals surface area contributed by atoms with Gasteiger partial charge in [0.15, 0.2) is 0 Å². The lowest BCUT2D eigenvalue weighted by atomic mass is 9.86. The van der Waals surface area contributed by atoms with Crippen molar-refractivity contribution in [2.75, 3.05) is 0 Å². The van der Waals surface area contributed by atoms with Gasteiger partial charge in [0.1, 0.15) is 11.5 Å². The van der Waals surface area contributed by atoms with Crippen LogP contribution in [0.25, 0.3) is 43.8 Å². The molecule has 6 rings (SSSR count). The van der Waals surface area contributed by atoms with Crippen LogP contribution < -0.4 is 4.74 Å². The standard InChI is InChI=1S/C32H21NO4/c34-23-17-13-21(14-18-23)31-25-7-1-3-9-27(25)32(28-10-4-2-8-26(28)31)22-15-19-24(20-16-22)37-30-12-6-5-11-29(30)33(35)36/h1-20,34H. The quantitative estimate of drug-likeness (QED) is 0.151. The molecular formula is C32H21NO4. The molecule has 1 N–H and O–H groups in total. The molecular weight excluding hydrogens is 462 g/mol. The summed E-state index contributed by atoms with van der Waals surface area (Å²) < 4.78 is 5.86. The fraction of sp³-hybridized carbons (Fsp3) is 0. The highest BCUT2D eigenvalue weighted by atomic mass is 16.6. The number of nitro groups is 1. The van der Waals surface area contributed by atoms with Crippen LogP contribution >= 0.6 is 0 Å². The van der Waals surface area contributed by atoms with Gasteiger partial charge in [-0.15, -0.1) is 0 Å². The van der Waals surface area contributed by atoms with Crippen LogP contribution in [0.1, 0.15) is 0 Å². The number of hydrogen-bond acceptors (Lipinski definition) is 4. The number of phenolic OH excluding ortho intramolecular Hbond substituents is 1. The van der Waals surface area contributed by atoms with Crippen LogP contribution in [0, 0.1) is 10.1 Å². The number of benzene rings is 6. The smallest absolute Gasteiger partial charge is 0.311 e. The molecule has 6 aromatic rings. The van der Waals surface area contributed by atoms with Crippen molar-refractivity contribution in [2.45, 2.75) is 0 Å². The molecule has 0 aliphatic carbocycles. The number of rotatable bonds is 5. The summed E-state index contributed by atoms with van der Waals surface area (Å²) in [6.07, 6.45) is 0. The van der Waals surface area contributed by atoms with E-state index in [1.807, 2.05) is 60.7 Å². The predicted molar refractivity (Wildman–Crippen MR) is 147 cm³/mol. The average Bonchev–Trinajstić information content (AvgIpc) is 2.93. The van der Waals surface area contributed by atoms with Crippen LogP contribution in [0.15, 0.2) is 121 Å².